The number of rotatable bonds is 5. The highest BCUT2D eigenvalue weighted by molar-refractivity contribution is 6.30. The van der Waals surface area contributed by atoms with Crippen molar-refractivity contribution < 1.29 is 9.36 Å². The van der Waals surface area contributed by atoms with Crippen LogP contribution in [0.5, 0.6) is 0 Å². The van der Waals surface area contributed by atoms with Crippen LogP contribution in [-0.4, -0.2) is 11.4 Å². The van der Waals surface area contributed by atoms with E-state index < -0.39 is 0 Å². The van der Waals surface area contributed by atoms with Gasteiger partial charge in [0, 0.05) is 16.7 Å². The molecule has 3 aromatic rings. The zero-order valence-corrected chi connectivity index (χ0v) is 13.3. The third-order valence-electron chi connectivity index (χ3n) is 3.26. The summed E-state index contributed by atoms with van der Waals surface area (Å²) in [5.74, 6) is 0.619. The van der Waals surface area contributed by atoms with Gasteiger partial charge >= 0.3 is 0 Å². The Hall–Kier alpha value is -2.59. The molecule has 0 saturated carbocycles. The molecule has 1 heterocycles. The highest BCUT2D eigenvalue weighted by atomic mass is 35.5. The lowest BCUT2D eigenvalue weighted by Crippen LogP contribution is -1.86. The summed E-state index contributed by atoms with van der Waals surface area (Å²) in [5.41, 5.74) is 3.91. The average molecular weight is 327 g/mol. The van der Waals surface area contributed by atoms with E-state index in [2.05, 4.69) is 10.3 Å². The Labute approximate surface area is 139 Å². The number of benzene rings is 2. The maximum Gasteiger partial charge on any atom is 0.177 e. The normalized spacial score (nSPS) is 11.0. The molecular formula is C18H15ClN2O2. The van der Waals surface area contributed by atoms with E-state index in [9.17, 15) is 0 Å². The summed E-state index contributed by atoms with van der Waals surface area (Å²) >= 11 is 5.82. The van der Waals surface area contributed by atoms with Gasteiger partial charge in [-0.15, -0.1) is 0 Å². The SMILES string of the molecule is Cc1ccc(-c2cc(CO/N=C/c3ccc(Cl)cc3)on2)cc1. The number of hydrogen-bond acceptors (Lipinski definition) is 4. The minimum absolute atomic E-state index is 0.225. The minimum atomic E-state index is 0.225. The van der Waals surface area contributed by atoms with Gasteiger partial charge in [0.1, 0.15) is 5.69 Å². The molecule has 0 unspecified atom stereocenters. The van der Waals surface area contributed by atoms with Crippen molar-refractivity contribution in [2.75, 3.05) is 0 Å². The van der Waals surface area contributed by atoms with Crippen LogP contribution in [0.3, 0.4) is 0 Å². The van der Waals surface area contributed by atoms with E-state index in [0.29, 0.717) is 10.8 Å². The van der Waals surface area contributed by atoms with Crippen LogP contribution in [0.25, 0.3) is 11.3 Å². The van der Waals surface area contributed by atoms with Crippen LogP contribution in [0.4, 0.5) is 0 Å². The van der Waals surface area contributed by atoms with Crippen LogP contribution in [0, 0.1) is 6.92 Å². The van der Waals surface area contributed by atoms with Gasteiger partial charge in [0.2, 0.25) is 0 Å². The number of aryl methyl sites for hydroxylation is 1. The number of aromatic nitrogens is 1. The second-order valence-corrected chi connectivity index (χ2v) is 5.54. The standard InChI is InChI=1S/C18H15ClN2O2/c1-13-2-6-15(7-3-13)18-10-17(23-21-18)12-22-20-11-14-4-8-16(19)9-5-14/h2-11H,12H2,1H3/b20-11+. The Morgan fingerprint density at radius 2 is 1.87 bits per heavy atom. The molecule has 0 bridgehead atoms. The first-order valence-electron chi connectivity index (χ1n) is 7.14. The average Bonchev–Trinajstić information content (AvgIpc) is 3.03. The fourth-order valence-electron chi connectivity index (χ4n) is 1.99. The van der Waals surface area contributed by atoms with E-state index in [1.807, 2.05) is 49.4 Å². The van der Waals surface area contributed by atoms with Crippen molar-refractivity contribution in [1.82, 2.24) is 5.16 Å². The number of nitrogens with zero attached hydrogens (tertiary/aromatic N) is 2. The van der Waals surface area contributed by atoms with Crippen molar-refractivity contribution in [1.29, 1.82) is 0 Å². The van der Waals surface area contributed by atoms with Gasteiger partial charge in [-0.05, 0) is 24.6 Å². The van der Waals surface area contributed by atoms with Crippen molar-refractivity contribution in [3.63, 3.8) is 0 Å². The van der Waals surface area contributed by atoms with Gasteiger partial charge in [0.05, 0.1) is 6.21 Å². The molecular weight excluding hydrogens is 312 g/mol. The molecule has 3 rings (SSSR count). The summed E-state index contributed by atoms with van der Waals surface area (Å²) in [6, 6.07) is 17.3. The fraction of sp³-hybridized carbons (Fsp3) is 0.111. The molecule has 0 radical (unpaired) electrons. The number of halogens is 1. The summed E-state index contributed by atoms with van der Waals surface area (Å²) in [6.07, 6.45) is 1.62. The molecule has 0 aliphatic rings. The first kappa shape index (κ1) is 15.3. The minimum Gasteiger partial charge on any atom is -0.387 e. The third kappa shape index (κ3) is 4.20. The zero-order chi connectivity index (χ0) is 16.1. The Bertz CT molecular complexity index is 793. The van der Waals surface area contributed by atoms with Crippen molar-refractivity contribution in [2.45, 2.75) is 13.5 Å². The van der Waals surface area contributed by atoms with Crippen LogP contribution in [-0.2, 0) is 11.4 Å². The second kappa shape index (κ2) is 7.11. The van der Waals surface area contributed by atoms with Crippen LogP contribution >= 0.6 is 11.6 Å². The van der Waals surface area contributed by atoms with E-state index in [1.54, 1.807) is 18.3 Å². The largest absolute Gasteiger partial charge is 0.387 e. The van der Waals surface area contributed by atoms with Crippen molar-refractivity contribution in [3.8, 4) is 11.3 Å². The Morgan fingerprint density at radius 3 is 2.61 bits per heavy atom. The molecule has 0 spiro atoms. The van der Waals surface area contributed by atoms with E-state index >= 15 is 0 Å². The molecule has 116 valence electrons. The van der Waals surface area contributed by atoms with Gasteiger partial charge in [0.25, 0.3) is 0 Å². The zero-order valence-electron chi connectivity index (χ0n) is 12.6. The van der Waals surface area contributed by atoms with Crippen molar-refractivity contribution in [3.05, 3.63) is 76.5 Å². The Balaban J connectivity index is 1.57. The Kier molecular flexibility index (Phi) is 4.74. The van der Waals surface area contributed by atoms with Crippen LogP contribution in [0.2, 0.25) is 5.02 Å². The molecule has 0 saturated heterocycles. The highest BCUT2D eigenvalue weighted by Crippen LogP contribution is 2.20. The maximum absolute atomic E-state index is 5.82. The van der Waals surface area contributed by atoms with E-state index in [1.165, 1.54) is 5.56 Å². The molecule has 23 heavy (non-hydrogen) atoms. The number of oxime groups is 1. The molecule has 2 aromatic carbocycles. The van der Waals surface area contributed by atoms with Gasteiger partial charge < -0.3 is 9.36 Å². The molecule has 0 N–H and O–H groups in total. The van der Waals surface area contributed by atoms with Crippen LogP contribution in [0.15, 0.2) is 64.3 Å². The molecule has 0 fully saturated rings. The molecule has 0 atom stereocenters. The monoisotopic (exact) mass is 326 g/mol. The van der Waals surface area contributed by atoms with Crippen molar-refractivity contribution in [2.24, 2.45) is 5.16 Å². The summed E-state index contributed by atoms with van der Waals surface area (Å²) in [7, 11) is 0. The molecule has 5 heteroatoms. The van der Waals surface area contributed by atoms with Crippen LogP contribution in [0.1, 0.15) is 16.9 Å². The Morgan fingerprint density at radius 1 is 1.13 bits per heavy atom. The summed E-state index contributed by atoms with van der Waals surface area (Å²) in [6.45, 7) is 2.27. The maximum atomic E-state index is 5.82. The van der Waals surface area contributed by atoms with Crippen LogP contribution < -0.4 is 0 Å². The van der Waals surface area contributed by atoms with Gasteiger partial charge in [-0.1, -0.05) is 63.9 Å². The third-order valence-corrected chi connectivity index (χ3v) is 3.51. The lowest BCUT2D eigenvalue weighted by atomic mass is 10.1. The first-order valence-corrected chi connectivity index (χ1v) is 7.52. The van der Waals surface area contributed by atoms with E-state index in [4.69, 9.17) is 21.0 Å². The quantitative estimate of drug-likeness (QED) is 0.497. The molecule has 0 aliphatic carbocycles. The van der Waals surface area contributed by atoms with Gasteiger partial charge in [-0.25, -0.2) is 0 Å². The highest BCUT2D eigenvalue weighted by Gasteiger charge is 2.06. The first-order chi connectivity index (χ1) is 11.2. The molecule has 4 nitrogen and oxygen atoms in total. The predicted octanol–water partition coefficient (Wildman–Crippen LogP) is 4.85. The fourth-order valence-corrected chi connectivity index (χ4v) is 2.12. The summed E-state index contributed by atoms with van der Waals surface area (Å²) < 4.78 is 5.25. The van der Waals surface area contributed by atoms with E-state index in [0.717, 1.165) is 16.8 Å². The molecule has 1 aromatic heterocycles. The summed E-state index contributed by atoms with van der Waals surface area (Å²) in [4.78, 5) is 5.22. The lowest BCUT2D eigenvalue weighted by molar-refractivity contribution is 0.110. The van der Waals surface area contributed by atoms with Gasteiger partial charge in [-0.3, -0.25) is 0 Å². The van der Waals surface area contributed by atoms with Crippen molar-refractivity contribution >= 4 is 17.8 Å². The smallest absolute Gasteiger partial charge is 0.177 e. The van der Waals surface area contributed by atoms with E-state index in [-0.39, 0.29) is 6.61 Å². The topological polar surface area (TPSA) is 47.6 Å². The molecule has 0 amide bonds. The lowest BCUT2D eigenvalue weighted by Gasteiger charge is -1.96. The van der Waals surface area contributed by atoms with Gasteiger partial charge in [0.15, 0.2) is 12.4 Å². The second-order valence-electron chi connectivity index (χ2n) is 5.10. The number of hydrogen-bond donors (Lipinski definition) is 0. The van der Waals surface area contributed by atoms with Gasteiger partial charge in [-0.2, -0.15) is 0 Å². The summed E-state index contributed by atoms with van der Waals surface area (Å²) in [5, 5.41) is 8.63. The predicted molar refractivity (Wildman–Crippen MR) is 90.5 cm³/mol. The molecule has 0 aliphatic heterocycles.